The molecule has 3 amide bonds. The zero-order chi connectivity index (χ0) is 17.8. The summed E-state index contributed by atoms with van der Waals surface area (Å²) in [6, 6.07) is 13.9. The normalized spacial score (nSPS) is 14.2. The summed E-state index contributed by atoms with van der Waals surface area (Å²) in [6.45, 7) is -0.187. The van der Waals surface area contributed by atoms with Crippen molar-refractivity contribution in [2.75, 3.05) is 16.8 Å². The van der Waals surface area contributed by atoms with E-state index in [9.17, 15) is 19.5 Å². The van der Waals surface area contributed by atoms with Crippen molar-refractivity contribution in [2.45, 2.75) is 12.5 Å². The monoisotopic (exact) mass is 338 g/mol. The highest BCUT2D eigenvalue weighted by molar-refractivity contribution is 6.09. The fraction of sp³-hybridized carbons (Fsp3) is 0.167. The SMILES string of the molecule is O=C1CN(C(=O)N[C@@H](Cc2ccccc2)C(=O)[O-])c2ccccc2N1. The summed E-state index contributed by atoms with van der Waals surface area (Å²) in [5.74, 6) is -1.73. The maximum absolute atomic E-state index is 12.6. The zero-order valence-electron chi connectivity index (χ0n) is 13.3. The van der Waals surface area contributed by atoms with E-state index in [1.807, 2.05) is 6.07 Å². The number of nitrogens with zero attached hydrogens (tertiary/aromatic N) is 1. The number of carbonyl (C=O) groups excluding carboxylic acids is 3. The van der Waals surface area contributed by atoms with Crippen LogP contribution < -0.4 is 20.6 Å². The number of para-hydroxylation sites is 2. The Kier molecular flexibility index (Phi) is 4.65. The first-order valence-corrected chi connectivity index (χ1v) is 7.76. The third-order valence-electron chi connectivity index (χ3n) is 3.88. The Bertz CT molecular complexity index is 807. The molecule has 0 aromatic heterocycles. The number of carbonyl (C=O) groups is 3. The largest absolute Gasteiger partial charge is 0.548 e. The van der Waals surface area contributed by atoms with Gasteiger partial charge in [0.1, 0.15) is 6.54 Å². The number of aliphatic carboxylic acids is 1. The Morgan fingerprint density at radius 1 is 1.12 bits per heavy atom. The molecule has 3 rings (SSSR count). The number of carboxylic acid groups (broad SMARTS) is 1. The topological polar surface area (TPSA) is 102 Å². The summed E-state index contributed by atoms with van der Waals surface area (Å²) in [4.78, 5) is 37.0. The van der Waals surface area contributed by atoms with Crippen LogP contribution in [-0.2, 0) is 16.0 Å². The van der Waals surface area contributed by atoms with E-state index in [1.54, 1.807) is 48.5 Å². The van der Waals surface area contributed by atoms with Gasteiger partial charge in [-0.1, -0.05) is 42.5 Å². The minimum atomic E-state index is -1.38. The standard InChI is InChI=1S/C18H17N3O4/c22-16-11-21(15-9-5-4-8-13(15)19-16)18(25)20-14(17(23)24)10-12-6-2-1-3-7-12/h1-9,14H,10-11H2,(H,19,22)(H,20,25)(H,23,24)/p-1/t14-/m0/s1. The second-order valence-electron chi connectivity index (χ2n) is 5.66. The number of hydrogen-bond acceptors (Lipinski definition) is 4. The van der Waals surface area contributed by atoms with Crippen LogP contribution in [0, 0.1) is 0 Å². The molecule has 1 aliphatic rings. The van der Waals surface area contributed by atoms with Crippen molar-refractivity contribution in [1.29, 1.82) is 0 Å². The van der Waals surface area contributed by atoms with E-state index in [4.69, 9.17) is 0 Å². The van der Waals surface area contributed by atoms with Crippen molar-refractivity contribution >= 4 is 29.3 Å². The predicted octanol–water partition coefficient (Wildman–Crippen LogP) is 0.516. The van der Waals surface area contributed by atoms with Gasteiger partial charge < -0.3 is 20.5 Å². The summed E-state index contributed by atoms with van der Waals surface area (Å²) < 4.78 is 0. The molecule has 0 bridgehead atoms. The minimum Gasteiger partial charge on any atom is -0.548 e. The number of hydrogen-bond donors (Lipinski definition) is 2. The van der Waals surface area contributed by atoms with E-state index in [1.165, 1.54) is 4.90 Å². The maximum Gasteiger partial charge on any atom is 0.322 e. The van der Waals surface area contributed by atoms with Gasteiger partial charge >= 0.3 is 6.03 Å². The molecular formula is C18H16N3O4-. The van der Waals surface area contributed by atoms with E-state index in [2.05, 4.69) is 10.6 Å². The Labute approximate surface area is 144 Å². The molecule has 1 atom stereocenters. The number of amides is 3. The van der Waals surface area contributed by atoms with Gasteiger partial charge in [-0.2, -0.15) is 0 Å². The molecule has 2 aromatic rings. The van der Waals surface area contributed by atoms with E-state index in [-0.39, 0.29) is 18.9 Å². The van der Waals surface area contributed by atoms with E-state index in [0.29, 0.717) is 11.4 Å². The van der Waals surface area contributed by atoms with Crippen molar-refractivity contribution in [3.63, 3.8) is 0 Å². The van der Waals surface area contributed by atoms with Crippen LogP contribution in [0.2, 0.25) is 0 Å². The maximum atomic E-state index is 12.6. The van der Waals surface area contributed by atoms with Crippen molar-refractivity contribution in [3.05, 3.63) is 60.2 Å². The number of carboxylic acids is 1. The molecular weight excluding hydrogens is 322 g/mol. The summed E-state index contributed by atoms with van der Waals surface area (Å²) in [5, 5.41) is 16.5. The van der Waals surface area contributed by atoms with Crippen molar-refractivity contribution in [2.24, 2.45) is 0 Å². The lowest BCUT2D eigenvalue weighted by Gasteiger charge is -2.31. The third-order valence-corrected chi connectivity index (χ3v) is 3.88. The summed E-state index contributed by atoms with van der Waals surface area (Å²) >= 11 is 0. The second kappa shape index (κ2) is 7.04. The van der Waals surface area contributed by atoms with Gasteiger partial charge in [0.25, 0.3) is 0 Å². The van der Waals surface area contributed by atoms with Gasteiger partial charge in [-0.25, -0.2) is 4.79 Å². The number of fused-ring (bicyclic) bond motifs is 1. The van der Waals surface area contributed by atoms with Gasteiger partial charge in [0.2, 0.25) is 5.91 Å². The van der Waals surface area contributed by atoms with Gasteiger partial charge in [0.15, 0.2) is 0 Å². The van der Waals surface area contributed by atoms with Gasteiger partial charge in [-0.3, -0.25) is 9.69 Å². The lowest BCUT2D eigenvalue weighted by Crippen LogP contribution is -2.55. The van der Waals surface area contributed by atoms with Crippen LogP contribution in [0.25, 0.3) is 0 Å². The fourth-order valence-corrected chi connectivity index (χ4v) is 2.68. The van der Waals surface area contributed by atoms with Crippen molar-refractivity contribution < 1.29 is 19.5 Å². The van der Waals surface area contributed by atoms with E-state index < -0.39 is 18.0 Å². The molecule has 0 saturated carbocycles. The van der Waals surface area contributed by atoms with Gasteiger partial charge in [0.05, 0.1) is 23.4 Å². The molecule has 25 heavy (non-hydrogen) atoms. The van der Waals surface area contributed by atoms with Crippen molar-refractivity contribution in [3.8, 4) is 0 Å². The first-order chi connectivity index (χ1) is 12.0. The van der Waals surface area contributed by atoms with Crippen molar-refractivity contribution in [1.82, 2.24) is 5.32 Å². The molecule has 0 aliphatic carbocycles. The molecule has 0 spiro atoms. The quantitative estimate of drug-likeness (QED) is 0.848. The molecule has 128 valence electrons. The van der Waals surface area contributed by atoms with Crippen LogP contribution in [0.3, 0.4) is 0 Å². The van der Waals surface area contributed by atoms with Crippen LogP contribution in [0.5, 0.6) is 0 Å². The minimum absolute atomic E-state index is 0.0938. The molecule has 7 heteroatoms. The molecule has 1 heterocycles. The highest BCUT2D eigenvalue weighted by Gasteiger charge is 2.28. The molecule has 0 radical (unpaired) electrons. The smallest absolute Gasteiger partial charge is 0.322 e. The zero-order valence-corrected chi connectivity index (χ0v) is 13.3. The average molecular weight is 338 g/mol. The van der Waals surface area contributed by atoms with Crippen LogP contribution in [-0.4, -0.2) is 30.5 Å². The second-order valence-corrected chi connectivity index (χ2v) is 5.66. The molecule has 0 fully saturated rings. The third kappa shape index (κ3) is 3.77. The predicted molar refractivity (Wildman–Crippen MR) is 89.9 cm³/mol. The summed E-state index contributed by atoms with van der Waals surface area (Å²) in [7, 11) is 0. The van der Waals surface area contributed by atoms with E-state index >= 15 is 0 Å². The van der Waals surface area contributed by atoms with Gasteiger partial charge in [0, 0.05) is 0 Å². The molecule has 7 nitrogen and oxygen atoms in total. The Morgan fingerprint density at radius 2 is 1.80 bits per heavy atom. The number of rotatable bonds is 4. The van der Waals surface area contributed by atoms with Gasteiger partial charge in [-0.15, -0.1) is 0 Å². The fourth-order valence-electron chi connectivity index (χ4n) is 2.68. The highest BCUT2D eigenvalue weighted by atomic mass is 16.4. The molecule has 0 unspecified atom stereocenters. The number of urea groups is 1. The summed E-state index contributed by atoms with van der Waals surface area (Å²) in [5.41, 5.74) is 1.77. The molecule has 1 aliphatic heterocycles. The van der Waals surface area contributed by atoms with E-state index in [0.717, 1.165) is 5.56 Å². The number of anilines is 2. The first kappa shape index (κ1) is 16.5. The number of benzene rings is 2. The van der Waals surface area contributed by atoms with Crippen LogP contribution in [0.4, 0.5) is 16.2 Å². The summed E-state index contributed by atoms with van der Waals surface area (Å²) in [6.07, 6.45) is 0.0938. The Hall–Kier alpha value is -3.35. The van der Waals surface area contributed by atoms with Crippen LogP contribution in [0.15, 0.2) is 54.6 Å². The lowest BCUT2D eigenvalue weighted by atomic mass is 10.1. The van der Waals surface area contributed by atoms with Crippen LogP contribution in [0.1, 0.15) is 5.56 Å². The lowest BCUT2D eigenvalue weighted by molar-refractivity contribution is -0.308. The average Bonchev–Trinajstić information content (AvgIpc) is 2.61. The highest BCUT2D eigenvalue weighted by Crippen LogP contribution is 2.28. The number of nitrogens with one attached hydrogen (secondary N) is 2. The molecule has 2 N–H and O–H groups in total. The Morgan fingerprint density at radius 3 is 2.52 bits per heavy atom. The Balaban J connectivity index is 1.78. The molecule has 0 saturated heterocycles. The first-order valence-electron chi connectivity index (χ1n) is 7.76. The van der Waals surface area contributed by atoms with Gasteiger partial charge in [-0.05, 0) is 24.1 Å². The molecule has 2 aromatic carbocycles. The van der Waals surface area contributed by atoms with Crippen LogP contribution >= 0.6 is 0 Å².